The van der Waals surface area contributed by atoms with Gasteiger partial charge in [-0.25, -0.2) is 18.4 Å². The number of aliphatic carboxylic acids is 1. The Labute approximate surface area is 249 Å². The molecule has 1 fully saturated rings. The normalized spacial score (nSPS) is 14.3. The number of halogens is 2. The summed E-state index contributed by atoms with van der Waals surface area (Å²) in [6.45, 7) is 5.99. The molecule has 1 aliphatic heterocycles. The first-order valence-electron chi connectivity index (χ1n) is 14.2. The van der Waals surface area contributed by atoms with Gasteiger partial charge >= 0.3 is 11.9 Å². The lowest BCUT2D eigenvalue weighted by molar-refractivity contribution is -0.151. The molecule has 222 valence electrons. The van der Waals surface area contributed by atoms with Crippen LogP contribution in [0.5, 0.6) is 0 Å². The molecule has 3 aromatic carbocycles. The molecule has 0 spiro atoms. The average Bonchev–Trinajstić information content (AvgIpc) is 3.00. The Morgan fingerprint density at radius 3 is 2.12 bits per heavy atom. The third kappa shape index (κ3) is 7.06. The topological polar surface area (TPSA) is 83.0 Å². The van der Waals surface area contributed by atoms with Crippen LogP contribution in [0.1, 0.15) is 29.7 Å². The van der Waals surface area contributed by atoms with Gasteiger partial charge in [-0.3, -0.25) is 9.88 Å². The summed E-state index contributed by atoms with van der Waals surface area (Å²) in [5.41, 5.74) is 2.70. The largest absolute Gasteiger partial charge is 0.478 e. The first-order valence-corrected chi connectivity index (χ1v) is 14.2. The Morgan fingerprint density at radius 1 is 0.884 bits per heavy atom. The zero-order valence-corrected chi connectivity index (χ0v) is 23.9. The molecule has 0 aliphatic carbocycles. The summed E-state index contributed by atoms with van der Waals surface area (Å²) in [5.74, 6) is -3.07. The standard InChI is InChI=1S/C34H33F2N3O4/c1-24-6-7-25-4-2-5-30(33(25)37-24)39-22-20-38(21-23-39)19-3-18-34(26-8-12-28(35)13-9-26,27-10-14-29(36)15-11-27)43-32(42)17-16-31(40)41/h2,4-17H,3,18-23H2,1H3,(H,40,41). The van der Waals surface area contributed by atoms with Gasteiger partial charge in [-0.05, 0) is 62.7 Å². The molecule has 43 heavy (non-hydrogen) atoms. The van der Waals surface area contributed by atoms with E-state index >= 15 is 0 Å². The number of pyridine rings is 1. The molecule has 1 aliphatic rings. The van der Waals surface area contributed by atoms with Gasteiger partial charge in [-0.1, -0.05) is 42.5 Å². The van der Waals surface area contributed by atoms with Crippen molar-refractivity contribution in [2.24, 2.45) is 0 Å². The molecular formula is C34H33F2N3O4. The van der Waals surface area contributed by atoms with Crippen molar-refractivity contribution in [2.75, 3.05) is 37.6 Å². The highest BCUT2D eigenvalue weighted by atomic mass is 19.1. The lowest BCUT2D eigenvalue weighted by Crippen LogP contribution is -2.47. The molecule has 0 unspecified atom stereocenters. The summed E-state index contributed by atoms with van der Waals surface area (Å²) in [7, 11) is 0. The Balaban J connectivity index is 1.34. The fraction of sp³-hybridized carbons (Fsp3) is 0.265. The van der Waals surface area contributed by atoms with Crippen molar-refractivity contribution in [3.05, 3.63) is 119 Å². The minimum absolute atomic E-state index is 0.309. The van der Waals surface area contributed by atoms with E-state index in [9.17, 15) is 18.4 Å². The zero-order chi connectivity index (χ0) is 30.4. The number of rotatable bonds is 10. The average molecular weight is 586 g/mol. The number of hydrogen-bond acceptors (Lipinski definition) is 6. The second kappa shape index (κ2) is 13.1. The van der Waals surface area contributed by atoms with Gasteiger partial charge in [0.25, 0.3) is 0 Å². The molecule has 0 bridgehead atoms. The maximum absolute atomic E-state index is 13.9. The van der Waals surface area contributed by atoms with E-state index in [0.717, 1.165) is 54.5 Å². The van der Waals surface area contributed by atoms with Crippen LogP contribution in [0, 0.1) is 18.6 Å². The quantitative estimate of drug-likeness (QED) is 0.185. The molecule has 9 heteroatoms. The van der Waals surface area contributed by atoms with Crippen molar-refractivity contribution < 1.29 is 28.2 Å². The first-order chi connectivity index (χ1) is 20.7. The van der Waals surface area contributed by atoms with Crippen LogP contribution in [0.2, 0.25) is 0 Å². The minimum Gasteiger partial charge on any atom is -0.478 e. The number of aromatic nitrogens is 1. The minimum atomic E-state index is -1.39. The van der Waals surface area contributed by atoms with Crippen LogP contribution in [0.4, 0.5) is 14.5 Å². The van der Waals surface area contributed by atoms with E-state index < -0.39 is 29.2 Å². The van der Waals surface area contributed by atoms with Crippen molar-refractivity contribution in [1.82, 2.24) is 9.88 Å². The molecule has 1 N–H and O–H groups in total. The van der Waals surface area contributed by atoms with Gasteiger partial charge < -0.3 is 14.7 Å². The number of hydrogen-bond donors (Lipinski definition) is 1. The zero-order valence-electron chi connectivity index (χ0n) is 23.9. The van der Waals surface area contributed by atoms with Gasteiger partial charge in [-0.2, -0.15) is 0 Å². The van der Waals surface area contributed by atoms with E-state index in [2.05, 4.69) is 34.1 Å². The summed E-state index contributed by atoms with van der Waals surface area (Å²) in [5, 5.41) is 10.1. The fourth-order valence-electron chi connectivity index (χ4n) is 5.66. The fourth-order valence-corrected chi connectivity index (χ4v) is 5.66. The summed E-state index contributed by atoms with van der Waals surface area (Å²) < 4.78 is 33.8. The molecule has 1 aromatic heterocycles. The number of carbonyl (C=O) groups is 2. The van der Waals surface area contributed by atoms with Crippen molar-refractivity contribution >= 4 is 28.5 Å². The molecule has 4 aromatic rings. The number of anilines is 1. The molecule has 0 radical (unpaired) electrons. The number of para-hydroxylation sites is 1. The van der Waals surface area contributed by atoms with Crippen LogP contribution in [0.25, 0.3) is 10.9 Å². The monoisotopic (exact) mass is 585 g/mol. The van der Waals surface area contributed by atoms with Crippen LogP contribution in [-0.4, -0.2) is 59.7 Å². The van der Waals surface area contributed by atoms with E-state index in [-0.39, 0.29) is 0 Å². The molecule has 7 nitrogen and oxygen atoms in total. The molecule has 1 saturated heterocycles. The van der Waals surface area contributed by atoms with Crippen LogP contribution in [0.15, 0.2) is 91.0 Å². The molecule has 0 amide bonds. The summed E-state index contributed by atoms with van der Waals surface area (Å²) in [6.07, 6.45) is 2.45. The van der Waals surface area contributed by atoms with Crippen molar-refractivity contribution in [2.45, 2.75) is 25.4 Å². The Hall–Kier alpha value is -4.63. The van der Waals surface area contributed by atoms with Gasteiger partial charge in [0.2, 0.25) is 0 Å². The SMILES string of the molecule is Cc1ccc2cccc(N3CCN(CCCC(OC(=O)C=CC(=O)O)(c4ccc(F)cc4)c4ccc(F)cc4)CC3)c2n1. The van der Waals surface area contributed by atoms with E-state index in [0.29, 0.717) is 36.6 Å². The molecule has 0 saturated carbocycles. The maximum atomic E-state index is 13.9. The first kappa shape index (κ1) is 29.8. The van der Waals surface area contributed by atoms with E-state index in [1.165, 1.54) is 48.5 Å². The van der Waals surface area contributed by atoms with Gasteiger partial charge in [-0.15, -0.1) is 0 Å². The third-order valence-corrected chi connectivity index (χ3v) is 7.81. The number of piperazine rings is 1. The number of ether oxygens (including phenoxy) is 1. The predicted octanol–water partition coefficient (Wildman–Crippen LogP) is 5.85. The van der Waals surface area contributed by atoms with Crippen molar-refractivity contribution in [1.29, 1.82) is 0 Å². The highest BCUT2D eigenvalue weighted by molar-refractivity contribution is 5.91. The molecule has 0 atom stereocenters. The maximum Gasteiger partial charge on any atom is 0.332 e. The number of fused-ring (bicyclic) bond motifs is 1. The second-order valence-electron chi connectivity index (χ2n) is 10.7. The Morgan fingerprint density at radius 2 is 1.51 bits per heavy atom. The van der Waals surface area contributed by atoms with Crippen LogP contribution in [0.3, 0.4) is 0 Å². The van der Waals surface area contributed by atoms with Gasteiger partial charge in [0, 0.05) is 60.5 Å². The highest BCUT2D eigenvalue weighted by Crippen LogP contribution is 2.39. The Bertz CT molecular complexity index is 1570. The smallest absolute Gasteiger partial charge is 0.332 e. The van der Waals surface area contributed by atoms with Crippen LogP contribution < -0.4 is 4.90 Å². The number of nitrogens with zero attached hydrogens (tertiary/aromatic N) is 3. The highest BCUT2D eigenvalue weighted by Gasteiger charge is 2.38. The number of benzene rings is 3. The van der Waals surface area contributed by atoms with Gasteiger partial charge in [0.1, 0.15) is 11.6 Å². The van der Waals surface area contributed by atoms with E-state index in [1.54, 1.807) is 0 Å². The summed E-state index contributed by atoms with van der Waals surface area (Å²) in [4.78, 5) is 33.4. The van der Waals surface area contributed by atoms with Crippen molar-refractivity contribution in [3.63, 3.8) is 0 Å². The third-order valence-electron chi connectivity index (χ3n) is 7.81. The summed E-state index contributed by atoms with van der Waals surface area (Å²) >= 11 is 0. The number of carboxylic acid groups (broad SMARTS) is 1. The Kier molecular flexibility index (Phi) is 9.11. The molecular weight excluding hydrogens is 552 g/mol. The number of carboxylic acids is 1. The van der Waals surface area contributed by atoms with Crippen molar-refractivity contribution in [3.8, 4) is 0 Å². The van der Waals surface area contributed by atoms with Gasteiger partial charge in [0.15, 0.2) is 5.60 Å². The lowest BCUT2D eigenvalue weighted by Gasteiger charge is -2.38. The lowest BCUT2D eigenvalue weighted by atomic mass is 9.82. The van der Waals surface area contributed by atoms with E-state index in [4.69, 9.17) is 14.8 Å². The van der Waals surface area contributed by atoms with Gasteiger partial charge in [0.05, 0.1) is 11.2 Å². The van der Waals surface area contributed by atoms with E-state index in [1.807, 2.05) is 13.0 Å². The number of aryl methyl sites for hydroxylation is 1. The van der Waals surface area contributed by atoms with Crippen LogP contribution >= 0.6 is 0 Å². The second-order valence-corrected chi connectivity index (χ2v) is 10.7. The molecule has 5 rings (SSSR count). The molecule has 2 heterocycles. The predicted molar refractivity (Wildman–Crippen MR) is 161 cm³/mol. The summed E-state index contributed by atoms with van der Waals surface area (Å²) in [6, 6.07) is 21.6. The van der Waals surface area contributed by atoms with Crippen LogP contribution in [-0.2, 0) is 19.9 Å². The number of esters is 1. The number of carbonyl (C=O) groups excluding carboxylic acids is 1.